The lowest BCUT2D eigenvalue weighted by Gasteiger charge is -2.05. The van der Waals surface area contributed by atoms with Gasteiger partial charge in [-0.2, -0.15) is 13.2 Å². The Balaban J connectivity index is 2.05. The van der Waals surface area contributed by atoms with Gasteiger partial charge in [-0.3, -0.25) is 9.89 Å². The molecule has 0 radical (unpaired) electrons. The number of rotatable bonds is 2. The highest BCUT2D eigenvalue weighted by atomic mass is 35.5. The second kappa shape index (κ2) is 6.00. The number of nitrogens with one attached hydrogen (secondary N) is 1. The third-order valence-corrected chi connectivity index (χ3v) is 4.95. The Morgan fingerprint density at radius 1 is 1.15 bits per heavy atom. The van der Waals surface area contributed by atoms with Crippen molar-refractivity contribution in [3.05, 3.63) is 68.9 Å². The summed E-state index contributed by atoms with van der Waals surface area (Å²) in [6.07, 6.45) is -4.65. The van der Waals surface area contributed by atoms with Crippen molar-refractivity contribution in [1.29, 1.82) is 0 Å². The van der Waals surface area contributed by atoms with Gasteiger partial charge in [-0.05, 0) is 23.6 Å². The number of halogens is 4. The first kappa shape index (κ1) is 16.9. The van der Waals surface area contributed by atoms with Crippen molar-refractivity contribution in [2.75, 3.05) is 0 Å². The molecule has 0 aliphatic rings. The molecule has 0 spiro atoms. The standard InChI is InChI=1S/C17H9ClF3N3OS/c18-10-5-3-9(4-6-10)11-8-13(25)24-16(22-11)14(12-2-1-7-26-12)15(23-24)17(19,20)21/h1-8,23H. The van der Waals surface area contributed by atoms with Gasteiger partial charge in [0.15, 0.2) is 5.65 Å². The Bertz CT molecular complexity index is 1150. The van der Waals surface area contributed by atoms with Crippen molar-refractivity contribution in [2.45, 2.75) is 6.18 Å². The molecule has 0 bridgehead atoms. The van der Waals surface area contributed by atoms with Gasteiger partial charge in [-0.25, -0.2) is 9.50 Å². The number of hydrogen-bond acceptors (Lipinski definition) is 3. The zero-order chi connectivity index (χ0) is 18.5. The van der Waals surface area contributed by atoms with E-state index in [0.717, 1.165) is 15.9 Å². The molecule has 0 fully saturated rings. The summed E-state index contributed by atoms with van der Waals surface area (Å²) in [6, 6.07) is 10.9. The average Bonchev–Trinajstić information content (AvgIpc) is 3.21. The topological polar surface area (TPSA) is 50.2 Å². The first-order valence-electron chi connectivity index (χ1n) is 7.37. The van der Waals surface area contributed by atoms with Gasteiger partial charge in [0.05, 0.1) is 11.3 Å². The largest absolute Gasteiger partial charge is 0.433 e. The highest BCUT2D eigenvalue weighted by molar-refractivity contribution is 7.13. The number of thiophene rings is 1. The Morgan fingerprint density at radius 3 is 2.50 bits per heavy atom. The molecule has 0 aliphatic heterocycles. The van der Waals surface area contributed by atoms with Crippen molar-refractivity contribution in [3.63, 3.8) is 0 Å². The molecule has 4 aromatic rings. The van der Waals surface area contributed by atoms with Gasteiger partial charge in [0.1, 0.15) is 5.69 Å². The van der Waals surface area contributed by atoms with Gasteiger partial charge in [-0.1, -0.05) is 29.8 Å². The first-order valence-corrected chi connectivity index (χ1v) is 8.63. The molecule has 9 heteroatoms. The van der Waals surface area contributed by atoms with Crippen LogP contribution in [0.5, 0.6) is 0 Å². The molecule has 3 aromatic heterocycles. The number of aromatic amines is 1. The summed E-state index contributed by atoms with van der Waals surface area (Å²) in [7, 11) is 0. The molecule has 132 valence electrons. The van der Waals surface area contributed by atoms with E-state index in [0.29, 0.717) is 15.5 Å². The maximum absolute atomic E-state index is 13.5. The fourth-order valence-electron chi connectivity index (χ4n) is 2.67. The highest BCUT2D eigenvalue weighted by Gasteiger charge is 2.38. The van der Waals surface area contributed by atoms with E-state index in [1.165, 1.54) is 6.07 Å². The molecule has 4 nitrogen and oxygen atoms in total. The maximum atomic E-state index is 13.5. The third kappa shape index (κ3) is 2.81. The fraction of sp³-hybridized carbons (Fsp3) is 0.0588. The average molecular weight is 396 g/mol. The molecule has 0 saturated heterocycles. The number of aromatic nitrogens is 3. The monoisotopic (exact) mass is 395 g/mol. The van der Waals surface area contributed by atoms with Crippen LogP contribution in [0.4, 0.5) is 13.2 Å². The minimum Gasteiger partial charge on any atom is -0.284 e. The van der Waals surface area contributed by atoms with E-state index in [2.05, 4.69) is 10.1 Å². The van der Waals surface area contributed by atoms with Crippen LogP contribution in [0.25, 0.3) is 27.3 Å². The Labute approximate surface area is 153 Å². The SMILES string of the molecule is O=c1cc(-c2ccc(Cl)cc2)nc2c(-c3cccs3)c(C(F)(F)F)[nH]n12. The zero-order valence-corrected chi connectivity index (χ0v) is 14.4. The minimum atomic E-state index is -4.65. The summed E-state index contributed by atoms with van der Waals surface area (Å²) < 4.78 is 41.3. The maximum Gasteiger partial charge on any atom is 0.433 e. The van der Waals surface area contributed by atoms with Crippen molar-refractivity contribution in [1.82, 2.24) is 14.6 Å². The van der Waals surface area contributed by atoms with Crippen LogP contribution in [0.3, 0.4) is 0 Å². The first-order chi connectivity index (χ1) is 12.3. The fourth-order valence-corrected chi connectivity index (χ4v) is 3.56. The van der Waals surface area contributed by atoms with Crippen LogP contribution < -0.4 is 5.56 Å². The molecule has 1 aromatic carbocycles. The molecule has 0 saturated carbocycles. The normalized spacial score (nSPS) is 12.0. The van der Waals surface area contributed by atoms with Crippen LogP contribution in [-0.4, -0.2) is 14.6 Å². The molecule has 0 atom stereocenters. The van der Waals surface area contributed by atoms with E-state index in [4.69, 9.17) is 11.6 Å². The van der Waals surface area contributed by atoms with E-state index in [1.807, 2.05) is 0 Å². The van der Waals surface area contributed by atoms with E-state index >= 15 is 0 Å². The van der Waals surface area contributed by atoms with Crippen molar-refractivity contribution < 1.29 is 13.2 Å². The quantitative estimate of drug-likeness (QED) is 0.514. The van der Waals surface area contributed by atoms with Crippen LogP contribution in [0.2, 0.25) is 5.02 Å². The highest BCUT2D eigenvalue weighted by Crippen LogP contribution is 2.40. The Kier molecular flexibility index (Phi) is 3.89. The van der Waals surface area contributed by atoms with Crippen molar-refractivity contribution in [3.8, 4) is 21.7 Å². The summed E-state index contributed by atoms with van der Waals surface area (Å²) in [5.74, 6) is 0. The van der Waals surface area contributed by atoms with E-state index in [9.17, 15) is 18.0 Å². The van der Waals surface area contributed by atoms with Crippen LogP contribution in [0.15, 0.2) is 52.6 Å². The van der Waals surface area contributed by atoms with E-state index in [-0.39, 0.29) is 16.9 Å². The number of hydrogen-bond donors (Lipinski definition) is 1. The van der Waals surface area contributed by atoms with Crippen LogP contribution in [0, 0.1) is 0 Å². The lowest BCUT2D eigenvalue weighted by Crippen LogP contribution is -2.15. The number of fused-ring (bicyclic) bond motifs is 1. The number of alkyl halides is 3. The molecule has 0 aliphatic carbocycles. The van der Waals surface area contributed by atoms with Gasteiger partial charge in [-0.15, -0.1) is 11.3 Å². The minimum absolute atomic E-state index is 0.0720. The van der Waals surface area contributed by atoms with Gasteiger partial charge < -0.3 is 0 Å². The Morgan fingerprint density at radius 2 is 1.88 bits per heavy atom. The summed E-state index contributed by atoms with van der Waals surface area (Å²) in [5, 5.41) is 4.32. The molecule has 3 heterocycles. The summed E-state index contributed by atoms with van der Waals surface area (Å²) in [5.41, 5.74) is -0.984. The van der Waals surface area contributed by atoms with Gasteiger partial charge in [0, 0.05) is 21.5 Å². The van der Waals surface area contributed by atoms with Gasteiger partial charge >= 0.3 is 6.18 Å². The number of benzene rings is 1. The van der Waals surface area contributed by atoms with Crippen LogP contribution >= 0.6 is 22.9 Å². The smallest absolute Gasteiger partial charge is 0.284 e. The van der Waals surface area contributed by atoms with Gasteiger partial charge in [0.25, 0.3) is 5.56 Å². The molecule has 0 amide bonds. The summed E-state index contributed by atoms with van der Waals surface area (Å²) in [6.45, 7) is 0. The van der Waals surface area contributed by atoms with E-state index < -0.39 is 17.4 Å². The molecular weight excluding hydrogens is 387 g/mol. The predicted molar refractivity (Wildman–Crippen MR) is 94.6 cm³/mol. The lowest BCUT2D eigenvalue weighted by molar-refractivity contribution is -0.140. The summed E-state index contributed by atoms with van der Waals surface area (Å²) in [4.78, 5) is 17.1. The second-order valence-corrected chi connectivity index (χ2v) is 6.87. The van der Waals surface area contributed by atoms with Crippen LogP contribution in [0.1, 0.15) is 5.69 Å². The molecule has 0 unspecified atom stereocenters. The molecule has 26 heavy (non-hydrogen) atoms. The van der Waals surface area contributed by atoms with E-state index in [1.54, 1.807) is 41.8 Å². The second-order valence-electron chi connectivity index (χ2n) is 5.48. The van der Waals surface area contributed by atoms with Gasteiger partial charge in [0.2, 0.25) is 0 Å². The molecular formula is C17H9ClF3N3OS. The zero-order valence-electron chi connectivity index (χ0n) is 12.8. The number of nitrogens with zero attached hydrogens (tertiary/aromatic N) is 2. The van der Waals surface area contributed by atoms with Crippen molar-refractivity contribution in [2.24, 2.45) is 0 Å². The number of H-pyrrole nitrogens is 1. The summed E-state index contributed by atoms with van der Waals surface area (Å²) >= 11 is 7.00. The van der Waals surface area contributed by atoms with Crippen molar-refractivity contribution >= 4 is 28.6 Å². The Hall–Kier alpha value is -2.58. The molecule has 4 rings (SSSR count). The third-order valence-electron chi connectivity index (χ3n) is 3.81. The predicted octanol–water partition coefficient (Wildman–Crippen LogP) is 5.09. The van der Waals surface area contributed by atoms with Crippen LogP contribution in [-0.2, 0) is 6.18 Å². The lowest BCUT2D eigenvalue weighted by atomic mass is 10.1. The molecule has 1 N–H and O–H groups in total.